The van der Waals surface area contributed by atoms with E-state index in [4.69, 9.17) is 32.2 Å². The third kappa shape index (κ3) is 4.70. The molecule has 0 bridgehead atoms. The Morgan fingerprint density at radius 2 is 1.84 bits per heavy atom. The molecule has 1 aromatic rings. The number of nitrogen functional groups attached to an aromatic ring is 1. The van der Waals surface area contributed by atoms with Crippen molar-refractivity contribution in [2.45, 2.75) is 0 Å². The van der Waals surface area contributed by atoms with E-state index in [0.717, 1.165) is 18.8 Å². The summed E-state index contributed by atoms with van der Waals surface area (Å²) < 4.78 is 10.2. The molecule has 0 aliphatic rings. The van der Waals surface area contributed by atoms with Crippen molar-refractivity contribution in [2.24, 2.45) is 5.73 Å². The van der Waals surface area contributed by atoms with E-state index in [1.165, 1.54) is 0 Å². The largest absolute Gasteiger partial charge is 0.384 e. The third-order valence-corrected chi connectivity index (χ3v) is 3.03. The number of hydrogen-bond acceptors (Lipinski definition) is 4. The van der Waals surface area contributed by atoms with Crippen molar-refractivity contribution < 1.29 is 9.47 Å². The predicted molar refractivity (Wildman–Crippen MR) is 78.4 cm³/mol. The SMILES string of the molecule is COCCN(CCOC)c1ccc(C(=N)N)cc1Cl. The molecule has 5 nitrogen and oxygen atoms in total. The molecule has 0 amide bonds. The van der Waals surface area contributed by atoms with Crippen molar-refractivity contribution in [2.75, 3.05) is 45.4 Å². The maximum Gasteiger partial charge on any atom is 0.122 e. The molecule has 0 aliphatic carbocycles. The Bertz CT molecular complexity index is 418. The smallest absolute Gasteiger partial charge is 0.122 e. The fraction of sp³-hybridized carbons (Fsp3) is 0.462. The highest BCUT2D eigenvalue weighted by Gasteiger charge is 2.11. The molecule has 0 spiro atoms. The van der Waals surface area contributed by atoms with Crippen LogP contribution in [0.1, 0.15) is 5.56 Å². The van der Waals surface area contributed by atoms with E-state index in [1.54, 1.807) is 26.4 Å². The van der Waals surface area contributed by atoms with E-state index in [2.05, 4.69) is 4.90 Å². The number of nitrogens with one attached hydrogen (secondary N) is 1. The van der Waals surface area contributed by atoms with Crippen molar-refractivity contribution in [3.63, 3.8) is 0 Å². The van der Waals surface area contributed by atoms with Crippen molar-refractivity contribution in [3.8, 4) is 0 Å². The molecule has 1 aromatic carbocycles. The summed E-state index contributed by atoms with van der Waals surface area (Å²) in [6.45, 7) is 2.65. The Kier molecular flexibility index (Phi) is 6.62. The van der Waals surface area contributed by atoms with Gasteiger partial charge in [-0.1, -0.05) is 11.6 Å². The first kappa shape index (κ1) is 15.8. The van der Waals surface area contributed by atoms with Crippen LogP contribution in [0.4, 0.5) is 5.69 Å². The zero-order valence-corrected chi connectivity index (χ0v) is 12.0. The topological polar surface area (TPSA) is 71.6 Å². The lowest BCUT2D eigenvalue weighted by Crippen LogP contribution is -2.31. The Labute approximate surface area is 118 Å². The molecule has 0 aliphatic heterocycles. The molecule has 0 unspecified atom stereocenters. The average molecular weight is 286 g/mol. The van der Waals surface area contributed by atoms with Gasteiger partial charge in [0.25, 0.3) is 0 Å². The molecule has 0 atom stereocenters. The van der Waals surface area contributed by atoms with Gasteiger partial charge in [0, 0.05) is 32.9 Å². The first-order valence-electron chi connectivity index (χ1n) is 5.97. The molecular weight excluding hydrogens is 266 g/mol. The fourth-order valence-electron chi connectivity index (χ4n) is 1.69. The highest BCUT2D eigenvalue weighted by molar-refractivity contribution is 6.33. The first-order chi connectivity index (χ1) is 9.10. The van der Waals surface area contributed by atoms with Gasteiger partial charge in [-0.3, -0.25) is 5.41 Å². The number of amidine groups is 1. The molecule has 0 fully saturated rings. The summed E-state index contributed by atoms with van der Waals surface area (Å²) in [6.07, 6.45) is 0. The maximum absolute atomic E-state index is 7.40. The van der Waals surface area contributed by atoms with Crippen LogP contribution in [0, 0.1) is 5.41 Å². The molecule has 0 saturated heterocycles. The summed E-state index contributed by atoms with van der Waals surface area (Å²) in [5, 5.41) is 7.97. The molecule has 6 heteroatoms. The van der Waals surface area contributed by atoms with Crippen molar-refractivity contribution >= 4 is 23.1 Å². The van der Waals surface area contributed by atoms with E-state index in [1.807, 2.05) is 6.07 Å². The number of ether oxygens (including phenoxy) is 2. The number of anilines is 1. The second-order valence-electron chi connectivity index (χ2n) is 4.05. The van der Waals surface area contributed by atoms with Gasteiger partial charge in [-0.15, -0.1) is 0 Å². The quantitative estimate of drug-likeness (QED) is 0.564. The second-order valence-corrected chi connectivity index (χ2v) is 4.46. The van der Waals surface area contributed by atoms with Gasteiger partial charge in [0.2, 0.25) is 0 Å². The second kappa shape index (κ2) is 7.99. The van der Waals surface area contributed by atoms with Gasteiger partial charge < -0.3 is 20.1 Å². The molecular formula is C13H20ClN3O2. The number of rotatable bonds is 8. The van der Waals surface area contributed by atoms with Gasteiger partial charge in [-0.2, -0.15) is 0 Å². The monoisotopic (exact) mass is 285 g/mol. The molecule has 106 valence electrons. The number of nitrogens with zero attached hydrogens (tertiary/aromatic N) is 1. The summed E-state index contributed by atoms with van der Waals surface area (Å²) in [5.74, 6) is 0.00813. The minimum Gasteiger partial charge on any atom is -0.384 e. The Morgan fingerprint density at radius 3 is 2.26 bits per heavy atom. The van der Waals surface area contributed by atoms with Gasteiger partial charge in [-0.25, -0.2) is 0 Å². The number of nitrogens with two attached hydrogens (primary N) is 1. The number of benzene rings is 1. The lowest BCUT2D eigenvalue weighted by Gasteiger charge is -2.25. The fourth-order valence-corrected chi connectivity index (χ4v) is 1.99. The van der Waals surface area contributed by atoms with E-state index in [-0.39, 0.29) is 5.84 Å². The molecule has 0 saturated carbocycles. The van der Waals surface area contributed by atoms with Crippen LogP contribution in [-0.4, -0.2) is 46.4 Å². The zero-order valence-electron chi connectivity index (χ0n) is 11.3. The molecule has 0 aromatic heterocycles. The lowest BCUT2D eigenvalue weighted by molar-refractivity contribution is 0.190. The van der Waals surface area contributed by atoms with Gasteiger partial charge in [0.15, 0.2) is 0 Å². The van der Waals surface area contributed by atoms with Crippen LogP contribution >= 0.6 is 11.6 Å². The summed E-state index contributed by atoms with van der Waals surface area (Å²) in [5.41, 5.74) is 6.95. The summed E-state index contributed by atoms with van der Waals surface area (Å²) in [6, 6.07) is 5.35. The molecule has 3 N–H and O–H groups in total. The Hall–Kier alpha value is -1.30. The van der Waals surface area contributed by atoms with Crippen LogP contribution in [0.2, 0.25) is 5.02 Å². The average Bonchev–Trinajstić information content (AvgIpc) is 2.39. The number of halogens is 1. The van der Waals surface area contributed by atoms with Crippen LogP contribution in [0.15, 0.2) is 18.2 Å². The van der Waals surface area contributed by atoms with Crippen molar-refractivity contribution in [1.82, 2.24) is 0 Å². The number of methoxy groups -OCH3 is 2. The molecule has 1 rings (SSSR count). The summed E-state index contributed by atoms with van der Waals surface area (Å²) >= 11 is 6.25. The minimum atomic E-state index is 0.00813. The maximum atomic E-state index is 7.40. The van der Waals surface area contributed by atoms with Crippen LogP contribution in [0.3, 0.4) is 0 Å². The molecule has 0 radical (unpaired) electrons. The van der Waals surface area contributed by atoms with E-state index >= 15 is 0 Å². The molecule has 19 heavy (non-hydrogen) atoms. The highest BCUT2D eigenvalue weighted by Crippen LogP contribution is 2.26. The van der Waals surface area contributed by atoms with Crippen LogP contribution < -0.4 is 10.6 Å². The van der Waals surface area contributed by atoms with Crippen molar-refractivity contribution in [1.29, 1.82) is 5.41 Å². The normalized spacial score (nSPS) is 10.5. The van der Waals surface area contributed by atoms with Crippen LogP contribution in [-0.2, 0) is 9.47 Å². The van der Waals surface area contributed by atoms with Gasteiger partial charge >= 0.3 is 0 Å². The highest BCUT2D eigenvalue weighted by atomic mass is 35.5. The van der Waals surface area contributed by atoms with E-state index < -0.39 is 0 Å². The van der Waals surface area contributed by atoms with Gasteiger partial charge in [0.05, 0.1) is 23.9 Å². The van der Waals surface area contributed by atoms with E-state index in [0.29, 0.717) is 23.8 Å². The Balaban J connectivity index is 2.90. The van der Waals surface area contributed by atoms with Gasteiger partial charge in [0.1, 0.15) is 5.84 Å². The summed E-state index contributed by atoms with van der Waals surface area (Å²) in [7, 11) is 3.32. The standard InChI is InChI=1S/C13H20ClN3O2/c1-18-7-5-17(6-8-19-2)12-4-3-10(13(15)16)9-11(12)14/h3-4,9H,5-8H2,1-2H3,(H3,15,16). The minimum absolute atomic E-state index is 0.00813. The summed E-state index contributed by atoms with van der Waals surface area (Å²) in [4.78, 5) is 2.08. The Morgan fingerprint density at radius 1 is 1.26 bits per heavy atom. The van der Waals surface area contributed by atoms with Crippen molar-refractivity contribution in [3.05, 3.63) is 28.8 Å². The van der Waals surface area contributed by atoms with Crippen LogP contribution in [0.25, 0.3) is 0 Å². The third-order valence-electron chi connectivity index (χ3n) is 2.73. The van der Waals surface area contributed by atoms with E-state index in [9.17, 15) is 0 Å². The lowest BCUT2D eigenvalue weighted by atomic mass is 10.1. The molecule has 0 heterocycles. The van der Waals surface area contributed by atoms with Crippen LogP contribution in [0.5, 0.6) is 0 Å². The predicted octanol–water partition coefficient (Wildman–Crippen LogP) is 1.72. The number of hydrogen-bond donors (Lipinski definition) is 2. The first-order valence-corrected chi connectivity index (χ1v) is 6.34. The van der Waals surface area contributed by atoms with Gasteiger partial charge in [-0.05, 0) is 18.2 Å². The zero-order chi connectivity index (χ0) is 14.3.